The average Bonchev–Trinajstić information content (AvgIpc) is 3.29. The molecule has 1 atom stereocenters. The van der Waals surface area contributed by atoms with Gasteiger partial charge in [0.15, 0.2) is 0 Å². The van der Waals surface area contributed by atoms with Gasteiger partial charge in [0.25, 0.3) is 11.8 Å². The summed E-state index contributed by atoms with van der Waals surface area (Å²) in [4.78, 5) is 30.0. The van der Waals surface area contributed by atoms with Crippen LogP contribution in [-0.2, 0) is 0 Å². The van der Waals surface area contributed by atoms with Crippen LogP contribution in [0.2, 0.25) is 0 Å². The number of pyridine rings is 1. The molecule has 0 bridgehead atoms. The number of H-pyrrole nitrogens is 1. The van der Waals surface area contributed by atoms with Crippen molar-refractivity contribution in [2.45, 2.75) is 18.9 Å². The fourth-order valence-corrected chi connectivity index (χ4v) is 3.63. The van der Waals surface area contributed by atoms with Crippen molar-refractivity contribution in [1.29, 1.82) is 0 Å². The molecule has 3 aromatic rings. The zero-order chi connectivity index (χ0) is 21.8. The van der Waals surface area contributed by atoms with Crippen molar-refractivity contribution in [3.8, 4) is 22.8 Å². The van der Waals surface area contributed by atoms with E-state index in [4.69, 9.17) is 15.2 Å². The summed E-state index contributed by atoms with van der Waals surface area (Å²) >= 11 is 0. The number of nitrogens with two attached hydrogens (primary N) is 1. The summed E-state index contributed by atoms with van der Waals surface area (Å²) in [5.41, 5.74) is 7.27. The molecular formula is C22H23N5O4. The predicted octanol–water partition coefficient (Wildman–Crippen LogP) is 2.26. The molecule has 160 valence electrons. The molecule has 1 aliphatic heterocycles. The van der Waals surface area contributed by atoms with Crippen LogP contribution >= 0.6 is 0 Å². The van der Waals surface area contributed by atoms with Gasteiger partial charge in [0.05, 0.1) is 19.3 Å². The minimum absolute atomic E-state index is 0.141. The number of hydrogen-bond acceptors (Lipinski definition) is 6. The van der Waals surface area contributed by atoms with E-state index in [-0.39, 0.29) is 17.7 Å². The highest BCUT2D eigenvalue weighted by molar-refractivity contribution is 5.93. The van der Waals surface area contributed by atoms with Crippen molar-refractivity contribution in [3.63, 3.8) is 0 Å². The van der Waals surface area contributed by atoms with Crippen molar-refractivity contribution in [2.75, 3.05) is 20.2 Å². The van der Waals surface area contributed by atoms with Gasteiger partial charge >= 0.3 is 0 Å². The highest BCUT2D eigenvalue weighted by atomic mass is 16.5. The summed E-state index contributed by atoms with van der Waals surface area (Å²) < 4.78 is 11.4. The van der Waals surface area contributed by atoms with Crippen LogP contribution in [0.15, 0.2) is 48.7 Å². The minimum Gasteiger partial charge on any atom is -0.496 e. The van der Waals surface area contributed by atoms with Crippen LogP contribution in [0.3, 0.4) is 0 Å². The Morgan fingerprint density at radius 2 is 2.06 bits per heavy atom. The number of carbonyl (C=O) groups is 2. The van der Waals surface area contributed by atoms with E-state index >= 15 is 0 Å². The maximum absolute atomic E-state index is 13.0. The number of nitrogens with zero attached hydrogens (tertiary/aromatic N) is 3. The number of benzene rings is 1. The number of piperidine rings is 1. The molecule has 9 nitrogen and oxygen atoms in total. The molecule has 4 rings (SSSR count). The third-order valence-corrected chi connectivity index (χ3v) is 5.14. The molecule has 31 heavy (non-hydrogen) atoms. The number of primary amides is 1. The lowest BCUT2D eigenvalue weighted by atomic mass is 10.1. The number of carbonyl (C=O) groups excluding carboxylic acids is 2. The van der Waals surface area contributed by atoms with E-state index in [2.05, 4.69) is 15.2 Å². The zero-order valence-electron chi connectivity index (χ0n) is 17.1. The summed E-state index contributed by atoms with van der Waals surface area (Å²) in [6, 6.07) is 12.4. The number of aromatic nitrogens is 3. The predicted molar refractivity (Wildman–Crippen MR) is 113 cm³/mol. The molecule has 1 unspecified atom stereocenters. The molecule has 0 radical (unpaired) electrons. The van der Waals surface area contributed by atoms with Gasteiger partial charge in [0.2, 0.25) is 0 Å². The van der Waals surface area contributed by atoms with Crippen LogP contribution in [0.25, 0.3) is 11.3 Å². The molecule has 1 saturated heterocycles. The summed E-state index contributed by atoms with van der Waals surface area (Å²) in [6.07, 6.45) is 2.88. The van der Waals surface area contributed by atoms with Crippen molar-refractivity contribution in [1.82, 2.24) is 20.1 Å². The van der Waals surface area contributed by atoms with Crippen LogP contribution in [0.4, 0.5) is 0 Å². The summed E-state index contributed by atoms with van der Waals surface area (Å²) in [5.74, 6) is 0.431. The molecule has 1 aliphatic rings. The largest absolute Gasteiger partial charge is 0.496 e. The van der Waals surface area contributed by atoms with Gasteiger partial charge in [-0.25, -0.2) is 0 Å². The second-order valence-electron chi connectivity index (χ2n) is 7.24. The first kappa shape index (κ1) is 20.4. The summed E-state index contributed by atoms with van der Waals surface area (Å²) in [7, 11) is 1.60. The number of aromatic amines is 1. The molecule has 1 aromatic carbocycles. The number of ether oxygens (including phenoxy) is 2. The topological polar surface area (TPSA) is 123 Å². The summed E-state index contributed by atoms with van der Waals surface area (Å²) in [6.45, 7) is 1.06. The number of amides is 2. The maximum Gasteiger partial charge on any atom is 0.272 e. The Morgan fingerprint density at radius 1 is 1.23 bits per heavy atom. The molecular weight excluding hydrogens is 398 g/mol. The average molecular weight is 421 g/mol. The first-order valence-electron chi connectivity index (χ1n) is 9.95. The van der Waals surface area contributed by atoms with E-state index in [0.29, 0.717) is 36.0 Å². The highest BCUT2D eigenvalue weighted by Crippen LogP contribution is 2.29. The van der Waals surface area contributed by atoms with E-state index in [9.17, 15) is 9.59 Å². The number of hydrogen-bond donors (Lipinski definition) is 2. The van der Waals surface area contributed by atoms with Gasteiger partial charge in [-0.05, 0) is 37.1 Å². The lowest BCUT2D eigenvalue weighted by molar-refractivity contribution is 0.0532. The van der Waals surface area contributed by atoms with Gasteiger partial charge in [0, 0.05) is 24.4 Å². The second-order valence-corrected chi connectivity index (χ2v) is 7.24. The van der Waals surface area contributed by atoms with Gasteiger partial charge in [0.1, 0.15) is 29.0 Å². The third kappa shape index (κ3) is 4.50. The Balaban J connectivity index is 1.45. The number of para-hydroxylation sites is 1. The van der Waals surface area contributed by atoms with E-state index in [1.165, 1.54) is 12.3 Å². The van der Waals surface area contributed by atoms with Crippen LogP contribution in [0, 0.1) is 0 Å². The molecule has 0 saturated carbocycles. The minimum atomic E-state index is -0.615. The molecule has 1 fully saturated rings. The van der Waals surface area contributed by atoms with E-state index in [0.717, 1.165) is 18.4 Å². The van der Waals surface area contributed by atoms with Crippen LogP contribution in [-0.4, -0.2) is 58.2 Å². The van der Waals surface area contributed by atoms with E-state index in [1.54, 1.807) is 24.1 Å². The van der Waals surface area contributed by atoms with Crippen LogP contribution < -0.4 is 15.2 Å². The van der Waals surface area contributed by atoms with Crippen molar-refractivity contribution in [2.24, 2.45) is 5.73 Å². The second kappa shape index (κ2) is 8.86. The SMILES string of the molecule is COc1ccccc1-c1cc(C(=O)N2CCCC(Oc3ccnc(C(N)=O)c3)C2)[nH]n1. The molecule has 0 spiro atoms. The first-order valence-corrected chi connectivity index (χ1v) is 9.95. The van der Waals surface area contributed by atoms with Crippen LogP contribution in [0.5, 0.6) is 11.5 Å². The van der Waals surface area contributed by atoms with Crippen LogP contribution in [0.1, 0.15) is 33.8 Å². The van der Waals surface area contributed by atoms with Gasteiger partial charge in [-0.2, -0.15) is 5.10 Å². The number of likely N-dealkylation sites (tertiary alicyclic amines) is 1. The number of methoxy groups -OCH3 is 1. The quantitative estimate of drug-likeness (QED) is 0.629. The van der Waals surface area contributed by atoms with E-state index < -0.39 is 5.91 Å². The molecule has 3 N–H and O–H groups in total. The Labute approximate surface area is 179 Å². The fraction of sp³-hybridized carbons (Fsp3) is 0.273. The molecule has 2 aromatic heterocycles. The van der Waals surface area contributed by atoms with Crippen molar-refractivity contribution in [3.05, 3.63) is 60.0 Å². The smallest absolute Gasteiger partial charge is 0.272 e. The number of nitrogens with one attached hydrogen (secondary N) is 1. The Kier molecular flexibility index (Phi) is 5.83. The highest BCUT2D eigenvalue weighted by Gasteiger charge is 2.27. The van der Waals surface area contributed by atoms with Gasteiger partial charge < -0.3 is 20.1 Å². The van der Waals surface area contributed by atoms with Crippen molar-refractivity contribution >= 4 is 11.8 Å². The fourth-order valence-electron chi connectivity index (χ4n) is 3.63. The molecule has 0 aliphatic carbocycles. The Morgan fingerprint density at radius 3 is 2.87 bits per heavy atom. The molecule has 9 heteroatoms. The van der Waals surface area contributed by atoms with E-state index in [1.807, 2.05) is 24.3 Å². The standard InChI is InChI=1S/C22H23N5O4/c1-30-20-7-3-2-6-16(20)17-12-19(26-25-17)22(29)27-10-4-5-15(13-27)31-14-8-9-24-18(11-14)21(23)28/h2-3,6-9,11-12,15H,4-5,10,13H2,1H3,(H2,23,28)(H,25,26). The lowest BCUT2D eigenvalue weighted by Crippen LogP contribution is -2.44. The molecule has 3 heterocycles. The monoisotopic (exact) mass is 421 g/mol. The normalized spacial score (nSPS) is 16.0. The Bertz CT molecular complexity index is 1100. The maximum atomic E-state index is 13.0. The number of rotatable bonds is 6. The van der Waals surface area contributed by atoms with Crippen molar-refractivity contribution < 1.29 is 19.1 Å². The zero-order valence-corrected chi connectivity index (χ0v) is 17.1. The lowest BCUT2D eigenvalue weighted by Gasteiger charge is -2.32. The summed E-state index contributed by atoms with van der Waals surface area (Å²) in [5, 5.41) is 7.13. The van der Waals surface area contributed by atoms with Gasteiger partial charge in [-0.15, -0.1) is 0 Å². The molecule has 2 amide bonds. The van der Waals surface area contributed by atoms with Gasteiger partial charge in [-0.3, -0.25) is 19.7 Å². The third-order valence-electron chi connectivity index (χ3n) is 5.14. The Hall–Kier alpha value is -3.88. The first-order chi connectivity index (χ1) is 15.0. The van der Waals surface area contributed by atoms with Gasteiger partial charge in [-0.1, -0.05) is 12.1 Å².